The van der Waals surface area contributed by atoms with Crippen molar-refractivity contribution in [2.75, 3.05) is 23.7 Å². The molecule has 0 heterocycles. The van der Waals surface area contributed by atoms with Gasteiger partial charge in [-0.2, -0.15) is 0 Å². The van der Waals surface area contributed by atoms with Crippen LogP contribution in [0.5, 0.6) is 0 Å². The molecule has 0 saturated heterocycles. The number of sulfonamides is 1. The van der Waals surface area contributed by atoms with E-state index in [2.05, 4.69) is 5.32 Å². The molecule has 7 nitrogen and oxygen atoms in total. The molecular formula is C29H35N3O4S. The molecule has 0 fully saturated rings. The van der Waals surface area contributed by atoms with Crippen LogP contribution in [-0.4, -0.2) is 50.5 Å². The Labute approximate surface area is 220 Å². The molecule has 0 radical (unpaired) electrons. The quantitative estimate of drug-likeness (QED) is 0.415. The molecule has 0 bridgehead atoms. The standard InChI is InChI=1S/C29H35N3O4S/c1-5-30-29(34)27(19-24-12-7-6-8-13-24)31(20-25-14-10-9-11-23(25)3)28(33)21-32(37(4,35)36)26-17-15-22(2)16-18-26/h6-18,27H,5,19-21H2,1-4H3,(H,30,34)/t27-/m0/s1. The molecule has 8 heteroatoms. The van der Waals surface area contributed by atoms with E-state index in [-0.39, 0.29) is 12.5 Å². The maximum Gasteiger partial charge on any atom is 0.244 e. The summed E-state index contributed by atoms with van der Waals surface area (Å²) in [5, 5.41) is 2.86. The lowest BCUT2D eigenvalue weighted by molar-refractivity contribution is -0.140. The second-order valence-electron chi connectivity index (χ2n) is 9.15. The minimum atomic E-state index is -3.77. The molecule has 0 unspecified atom stereocenters. The summed E-state index contributed by atoms with van der Waals surface area (Å²) < 4.78 is 26.6. The summed E-state index contributed by atoms with van der Waals surface area (Å²) in [6, 6.07) is 23.3. The number of anilines is 1. The highest BCUT2D eigenvalue weighted by molar-refractivity contribution is 7.92. The first-order valence-electron chi connectivity index (χ1n) is 12.3. The summed E-state index contributed by atoms with van der Waals surface area (Å²) in [5.41, 5.74) is 4.14. The van der Waals surface area contributed by atoms with E-state index in [1.54, 1.807) is 24.3 Å². The van der Waals surface area contributed by atoms with E-state index in [0.29, 0.717) is 18.7 Å². The van der Waals surface area contributed by atoms with Crippen molar-refractivity contribution in [1.29, 1.82) is 0 Å². The third kappa shape index (κ3) is 7.67. The number of hydrogen-bond donors (Lipinski definition) is 1. The fourth-order valence-electron chi connectivity index (χ4n) is 4.14. The molecule has 0 aliphatic carbocycles. The molecule has 2 amide bonds. The Hall–Kier alpha value is -3.65. The summed E-state index contributed by atoms with van der Waals surface area (Å²) in [4.78, 5) is 28.8. The molecule has 1 atom stereocenters. The number of carbonyl (C=O) groups excluding carboxylic acids is 2. The van der Waals surface area contributed by atoms with Gasteiger partial charge in [0.15, 0.2) is 0 Å². The minimum Gasteiger partial charge on any atom is -0.355 e. The van der Waals surface area contributed by atoms with Gasteiger partial charge in [-0.15, -0.1) is 0 Å². The largest absolute Gasteiger partial charge is 0.355 e. The van der Waals surface area contributed by atoms with Crippen molar-refractivity contribution in [3.05, 3.63) is 101 Å². The van der Waals surface area contributed by atoms with Crippen LogP contribution in [0.15, 0.2) is 78.9 Å². The highest BCUT2D eigenvalue weighted by Gasteiger charge is 2.33. The van der Waals surface area contributed by atoms with E-state index < -0.39 is 28.5 Å². The Kier molecular flexibility index (Phi) is 9.47. The Balaban J connectivity index is 2.04. The minimum absolute atomic E-state index is 0.172. The molecule has 0 aliphatic heterocycles. The molecule has 196 valence electrons. The van der Waals surface area contributed by atoms with Gasteiger partial charge in [0.2, 0.25) is 21.8 Å². The van der Waals surface area contributed by atoms with Crippen molar-refractivity contribution >= 4 is 27.5 Å². The van der Waals surface area contributed by atoms with Crippen LogP contribution in [-0.2, 0) is 32.6 Å². The molecule has 0 aliphatic rings. The van der Waals surface area contributed by atoms with Crippen LogP contribution in [0.2, 0.25) is 0 Å². The van der Waals surface area contributed by atoms with Crippen molar-refractivity contribution in [1.82, 2.24) is 10.2 Å². The van der Waals surface area contributed by atoms with Crippen molar-refractivity contribution in [2.24, 2.45) is 0 Å². The van der Waals surface area contributed by atoms with Gasteiger partial charge in [0.25, 0.3) is 0 Å². The van der Waals surface area contributed by atoms with Gasteiger partial charge in [0.1, 0.15) is 12.6 Å². The third-order valence-corrected chi connectivity index (χ3v) is 7.37. The molecule has 3 rings (SSSR count). The van der Waals surface area contributed by atoms with Crippen LogP contribution in [0, 0.1) is 13.8 Å². The van der Waals surface area contributed by atoms with Crippen molar-refractivity contribution in [3.8, 4) is 0 Å². The highest BCUT2D eigenvalue weighted by atomic mass is 32.2. The zero-order valence-electron chi connectivity index (χ0n) is 21.8. The summed E-state index contributed by atoms with van der Waals surface area (Å²) in [5.74, 6) is -0.740. The number of hydrogen-bond acceptors (Lipinski definition) is 4. The average Bonchev–Trinajstić information content (AvgIpc) is 2.86. The third-order valence-electron chi connectivity index (χ3n) is 6.23. The topological polar surface area (TPSA) is 86.8 Å². The van der Waals surface area contributed by atoms with Crippen LogP contribution in [0.1, 0.15) is 29.2 Å². The average molecular weight is 522 g/mol. The second-order valence-corrected chi connectivity index (χ2v) is 11.1. The maximum atomic E-state index is 13.9. The predicted molar refractivity (Wildman–Crippen MR) is 148 cm³/mol. The first-order valence-corrected chi connectivity index (χ1v) is 14.1. The van der Waals surface area contributed by atoms with Crippen LogP contribution in [0.25, 0.3) is 0 Å². The second kappa shape index (κ2) is 12.5. The number of nitrogens with zero attached hydrogens (tertiary/aromatic N) is 2. The Bertz CT molecular complexity index is 1310. The number of carbonyl (C=O) groups is 2. The first-order chi connectivity index (χ1) is 17.6. The molecule has 37 heavy (non-hydrogen) atoms. The SMILES string of the molecule is CCNC(=O)[C@H](Cc1ccccc1)N(Cc1ccccc1C)C(=O)CN(c1ccc(C)cc1)S(C)(=O)=O. The van der Waals surface area contributed by atoms with Gasteiger partial charge < -0.3 is 10.2 Å². The number of nitrogens with one attached hydrogen (secondary N) is 1. The summed E-state index contributed by atoms with van der Waals surface area (Å²) in [6.07, 6.45) is 1.38. The lowest BCUT2D eigenvalue weighted by Crippen LogP contribution is -2.53. The molecule has 0 aromatic heterocycles. The first kappa shape index (κ1) is 27.9. The maximum absolute atomic E-state index is 13.9. The van der Waals surface area contributed by atoms with Crippen LogP contribution >= 0.6 is 0 Å². The van der Waals surface area contributed by atoms with Gasteiger partial charge in [-0.05, 0) is 49.6 Å². The summed E-state index contributed by atoms with van der Waals surface area (Å²) in [7, 11) is -3.77. The van der Waals surface area contributed by atoms with Gasteiger partial charge in [0, 0.05) is 19.5 Å². The predicted octanol–water partition coefficient (Wildman–Crippen LogP) is 3.85. The van der Waals surface area contributed by atoms with Crippen molar-refractivity contribution < 1.29 is 18.0 Å². The molecule has 0 spiro atoms. The number of likely N-dealkylation sites (N-methyl/N-ethyl adjacent to an activating group) is 1. The van der Waals surface area contributed by atoms with Gasteiger partial charge in [-0.1, -0.05) is 72.3 Å². The Morgan fingerprint density at radius 1 is 0.892 bits per heavy atom. The highest BCUT2D eigenvalue weighted by Crippen LogP contribution is 2.21. The molecule has 3 aromatic carbocycles. The van der Waals surface area contributed by atoms with Crippen LogP contribution in [0.4, 0.5) is 5.69 Å². The molecule has 0 saturated carbocycles. The molecular weight excluding hydrogens is 486 g/mol. The zero-order valence-corrected chi connectivity index (χ0v) is 22.7. The van der Waals surface area contributed by atoms with E-state index in [4.69, 9.17) is 0 Å². The normalized spacial score (nSPS) is 12.0. The van der Waals surface area contributed by atoms with Gasteiger partial charge in [0.05, 0.1) is 11.9 Å². The number of benzene rings is 3. The van der Waals surface area contributed by atoms with E-state index in [9.17, 15) is 18.0 Å². The molecule has 1 N–H and O–H groups in total. The Morgan fingerprint density at radius 3 is 2.11 bits per heavy atom. The smallest absolute Gasteiger partial charge is 0.244 e. The van der Waals surface area contributed by atoms with E-state index in [1.807, 2.05) is 75.4 Å². The van der Waals surface area contributed by atoms with Crippen molar-refractivity contribution in [3.63, 3.8) is 0 Å². The number of amides is 2. The van der Waals surface area contributed by atoms with E-state index in [0.717, 1.165) is 32.8 Å². The van der Waals surface area contributed by atoms with Crippen LogP contribution < -0.4 is 9.62 Å². The Morgan fingerprint density at radius 2 is 1.51 bits per heavy atom. The lowest BCUT2D eigenvalue weighted by atomic mass is 10.0. The summed E-state index contributed by atoms with van der Waals surface area (Å²) in [6.45, 7) is 5.85. The lowest BCUT2D eigenvalue weighted by Gasteiger charge is -2.33. The van der Waals surface area contributed by atoms with Gasteiger partial charge in [-0.25, -0.2) is 8.42 Å². The number of aryl methyl sites for hydroxylation is 2. The van der Waals surface area contributed by atoms with Crippen molar-refractivity contribution in [2.45, 2.75) is 39.8 Å². The van der Waals surface area contributed by atoms with E-state index >= 15 is 0 Å². The monoisotopic (exact) mass is 521 g/mol. The fraction of sp³-hybridized carbons (Fsp3) is 0.310. The van der Waals surface area contributed by atoms with E-state index in [1.165, 1.54) is 4.90 Å². The number of rotatable bonds is 11. The van der Waals surface area contributed by atoms with Crippen LogP contribution in [0.3, 0.4) is 0 Å². The zero-order chi connectivity index (χ0) is 27.0. The summed E-state index contributed by atoms with van der Waals surface area (Å²) >= 11 is 0. The van der Waals surface area contributed by atoms with Gasteiger partial charge >= 0.3 is 0 Å². The molecule has 3 aromatic rings. The fourth-order valence-corrected chi connectivity index (χ4v) is 4.99. The van der Waals surface area contributed by atoms with Gasteiger partial charge in [-0.3, -0.25) is 13.9 Å².